The maximum atomic E-state index is 11.7. The third kappa shape index (κ3) is 1.67. The van der Waals surface area contributed by atoms with Crippen LogP contribution in [0.4, 0.5) is 0 Å². The predicted octanol–water partition coefficient (Wildman–Crippen LogP) is 1.57. The minimum atomic E-state index is -0.743. The zero-order valence-electron chi connectivity index (χ0n) is 9.10. The molecule has 4 heteroatoms. The first-order valence-corrected chi connectivity index (χ1v) is 4.85. The first-order valence-electron chi connectivity index (χ1n) is 4.85. The van der Waals surface area contributed by atoms with Crippen LogP contribution in [0.25, 0.3) is 5.57 Å². The number of rotatable bonds is 3. The Balaban J connectivity index is 2.48. The molecule has 1 heterocycles. The Labute approximate surface area is 93.4 Å². The largest absolute Gasteiger partial charge is 0.494 e. The molecule has 0 fully saturated rings. The molecule has 4 nitrogen and oxygen atoms in total. The molecule has 0 aliphatic carbocycles. The van der Waals surface area contributed by atoms with Crippen molar-refractivity contribution in [2.75, 3.05) is 14.2 Å². The molecule has 0 spiro atoms. The van der Waals surface area contributed by atoms with Crippen LogP contribution in [0.5, 0.6) is 0 Å². The molecule has 0 amide bonds. The summed E-state index contributed by atoms with van der Waals surface area (Å²) in [7, 11) is 2.96. The summed E-state index contributed by atoms with van der Waals surface area (Å²) < 4.78 is 15.2. The molecule has 1 aliphatic heterocycles. The second-order valence-electron chi connectivity index (χ2n) is 3.28. The number of esters is 1. The third-order valence-corrected chi connectivity index (χ3v) is 2.38. The van der Waals surface area contributed by atoms with E-state index in [-0.39, 0.29) is 0 Å². The van der Waals surface area contributed by atoms with Crippen molar-refractivity contribution in [2.24, 2.45) is 0 Å². The summed E-state index contributed by atoms with van der Waals surface area (Å²) in [4.78, 5) is 11.7. The van der Waals surface area contributed by atoms with E-state index in [1.54, 1.807) is 0 Å². The summed E-state index contributed by atoms with van der Waals surface area (Å²) in [5, 5.41) is 0. The first kappa shape index (κ1) is 10.7. The van der Waals surface area contributed by atoms with Gasteiger partial charge in [-0.1, -0.05) is 30.3 Å². The molecule has 2 rings (SSSR count). The molecule has 16 heavy (non-hydrogen) atoms. The minimum absolute atomic E-state index is 0.415. The van der Waals surface area contributed by atoms with E-state index in [9.17, 15) is 4.79 Å². The summed E-state index contributed by atoms with van der Waals surface area (Å²) in [5.41, 5.74) is 1.19. The molecule has 1 aromatic rings. The molecule has 0 bridgehead atoms. The molecule has 0 saturated carbocycles. The van der Waals surface area contributed by atoms with Crippen LogP contribution < -0.4 is 0 Å². The molecule has 1 aliphatic rings. The van der Waals surface area contributed by atoms with Crippen LogP contribution in [0.3, 0.4) is 0 Å². The summed E-state index contributed by atoms with van der Waals surface area (Å²) in [6.07, 6.45) is -0.743. The summed E-state index contributed by atoms with van der Waals surface area (Å²) >= 11 is 0. The van der Waals surface area contributed by atoms with Gasteiger partial charge < -0.3 is 14.2 Å². The van der Waals surface area contributed by atoms with Crippen LogP contribution in [-0.4, -0.2) is 26.5 Å². The first-order chi connectivity index (χ1) is 7.77. The number of hydrogen-bond donors (Lipinski definition) is 0. The van der Waals surface area contributed by atoms with Crippen molar-refractivity contribution in [3.63, 3.8) is 0 Å². The Morgan fingerprint density at radius 1 is 1.19 bits per heavy atom. The number of carbonyl (C=O) groups excluding carboxylic acids is 1. The van der Waals surface area contributed by atoms with Gasteiger partial charge in [-0.2, -0.15) is 0 Å². The van der Waals surface area contributed by atoms with E-state index in [0.717, 1.165) is 5.56 Å². The van der Waals surface area contributed by atoms with E-state index in [2.05, 4.69) is 0 Å². The molecule has 1 aromatic carbocycles. The third-order valence-electron chi connectivity index (χ3n) is 2.38. The molecule has 0 aromatic heterocycles. The number of cyclic esters (lactones) is 1. The van der Waals surface area contributed by atoms with Crippen molar-refractivity contribution in [2.45, 2.75) is 6.29 Å². The van der Waals surface area contributed by atoms with Gasteiger partial charge in [0, 0.05) is 7.11 Å². The molecule has 1 atom stereocenters. The highest BCUT2D eigenvalue weighted by molar-refractivity contribution is 6.19. The van der Waals surface area contributed by atoms with Crippen molar-refractivity contribution in [1.29, 1.82) is 0 Å². The molecule has 84 valence electrons. The monoisotopic (exact) mass is 220 g/mol. The quantitative estimate of drug-likeness (QED) is 0.725. The summed E-state index contributed by atoms with van der Waals surface area (Å²) in [6, 6.07) is 9.23. The lowest BCUT2D eigenvalue weighted by Crippen LogP contribution is -2.14. The molecule has 0 N–H and O–H groups in total. The summed E-state index contributed by atoms with van der Waals surface area (Å²) in [6.45, 7) is 0. The molecule has 1 unspecified atom stereocenters. The SMILES string of the molecule is COC1=C(c2ccccc2)C(=O)OC1OC. The second kappa shape index (κ2) is 4.37. The van der Waals surface area contributed by atoms with Crippen LogP contribution in [0.2, 0.25) is 0 Å². The van der Waals surface area contributed by atoms with Gasteiger partial charge in [0.05, 0.1) is 7.11 Å². The maximum absolute atomic E-state index is 11.7. The molecule has 0 radical (unpaired) electrons. The van der Waals surface area contributed by atoms with Crippen LogP contribution in [-0.2, 0) is 19.0 Å². The van der Waals surface area contributed by atoms with Gasteiger partial charge in [0.15, 0.2) is 5.76 Å². The van der Waals surface area contributed by atoms with Gasteiger partial charge in [0.2, 0.25) is 0 Å². The number of ether oxygens (including phenoxy) is 3. The number of methoxy groups -OCH3 is 2. The second-order valence-corrected chi connectivity index (χ2v) is 3.28. The number of carbonyl (C=O) groups is 1. The average molecular weight is 220 g/mol. The predicted molar refractivity (Wildman–Crippen MR) is 57.3 cm³/mol. The Morgan fingerprint density at radius 2 is 1.88 bits per heavy atom. The topological polar surface area (TPSA) is 44.8 Å². The van der Waals surface area contributed by atoms with Gasteiger partial charge in [-0.3, -0.25) is 0 Å². The van der Waals surface area contributed by atoms with Gasteiger partial charge >= 0.3 is 5.97 Å². The van der Waals surface area contributed by atoms with Crippen LogP contribution in [0.15, 0.2) is 36.1 Å². The lowest BCUT2D eigenvalue weighted by molar-refractivity contribution is -0.158. The zero-order valence-corrected chi connectivity index (χ0v) is 9.10. The zero-order chi connectivity index (χ0) is 11.5. The van der Waals surface area contributed by atoms with Gasteiger partial charge in [0.25, 0.3) is 6.29 Å². The molecular weight excluding hydrogens is 208 g/mol. The van der Waals surface area contributed by atoms with Gasteiger partial charge in [-0.25, -0.2) is 4.79 Å². The highest BCUT2D eigenvalue weighted by Crippen LogP contribution is 2.31. The fraction of sp³-hybridized carbons (Fsp3) is 0.250. The van der Waals surface area contributed by atoms with Crippen molar-refractivity contribution in [3.8, 4) is 0 Å². The highest BCUT2D eigenvalue weighted by Gasteiger charge is 2.36. The minimum Gasteiger partial charge on any atom is -0.494 e. The summed E-state index contributed by atoms with van der Waals surface area (Å²) in [5.74, 6) is -0.00593. The number of benzene rings is 1. The maximum Gasteiger partial charge on any atom is 0.345 e. The standard InChI is InChI=1S/C12H12O4/c1-14-10-9(8-6-4-3-5-7-8)11(13)16-12(10)15-2/h3-7,12H,1-2H3. The van der Waals surface area contributed by atoms with Crippen molar-refractivity contribution in [1.82, 2.24) is 0 Å². The fourth-order valence-corrected chi connectivity index (χ4v) is 1.65. The van der Waals surface area contributed by atoms with Crippen molar-refractivity contribution < 1.29 is 19.0 Å². The van der Waals surface area contributed by atoms with E-state index in [4.69, 9.17) is 14.2 Å². The number of hydrogen-bond acceptors (Lipinski definition) is 4. The lowest BCUT2D eigenvalue weighted by atomic mass is 10.1. The van der Waals surface area contributed by atoms with Crippen LogP contribution in [0.1, 0.15) is 5.56 Å². The van der Waals surface area contributed by atoms with Gasteiger partial charge in [0.1, 0.15) is 5.57 Å². The van der Waals surface area contributed by atoms with Gasteiger partial charge in [-0.15, -0.1) is 0 Å². The Kier molecular flexibility index (Phi) is 2.92. The Hall–Kier alpha value is -1.81. The van der Waals surface area contributed by atoms with Gasteiger partial charge in [-0.05, 0) is 5.56 Å². The highest BCUT2D eigenvalue weighted by atomic mass is 16.7. The average Bonchev–Trinajstić information content (AvgIpc) is 2.66. The molecular formula is C12H12O4. The van der Waals surface area contributed by atoms with E-state index in [0.29, 0.717) is 11.3 Å². The van der Waals surface area contributed by atoms with Crippen LogP contribution >= 0.6 is 0 Å². The molecule has 0 saturated heterocycles. The van der Waals surface area contributed by atoms with Crippen molar-refractivity contribution in [3.05, 3.63) is 41.7 Å². The fourth-order valence-electron chi connectivity index (χ4n) is 1.65. The van der Waals surface area contributed by atoms with E-state index >= 15 is 0 Å². The normalized spacial score (nSPS) is 19.9. The smallest absolute Gasteiger partial charge is 0.345 e. The lowest BCUT2D eigenvalue weighted by Gasteiger charge is -2.09. The van der Waals surface area contributed by atoms with E-state index in [1.807, 2.05) is 30.3 Å². The van der Waals surface area contributed by atoms with E-state index < -0.39 is 12.3 Å². The van der Waals surface area contributed by atoms with E-state index in [1.165, 1.54) is 14.2 Å². The Morgan fingerprint density at radius 3 is 2.44 bits per heavy atom. The van der Waals surface area contributed by atoms with Crippen molar-refractivity contribution >= 4 is 11.5 Å². The Bertz CT molecular complexity index is 422. The van der Waals surface area contributed by atoms with Crippen LogP contribution in [0, 0.1) is 0 Å².